The van der Waals surface area contributed by atoms with Crippen LogP contribution in [0.2, 0.25) is 0 Å². The fraction of sp³-hybridized carbons (Fsp3) is 0.950. The summed E-state index contributed by atoms with van der Waals surface area (Å²) in [5, 5.41) is 10.6. The van der Waals surface area contributed by atoms with E-state index in [4.69, 9.17) is 37.0 Å². The average molecular weight is 1450 g/mol. The molecule has 0 heterocycles. The molecule has 0 saturated carbocycles. The molecular weight excluding hydrogens is 1290 g/mol. The Morgan fingerprint density at radius 1 is 0.283 bits per heavy atom. The second kappa shape index (κ2) is 69.1. The van der Waals surface area contributed by atoms with Crippen LogP contribution in [0.4, 0.5) is 0 Å². The molecule has 17 nitrogen and oxygen atoms in total. The lowest BCUT2D eigenvalue weighted by Crippen LogP contribution is -2.30. The third-order valence-electron chi connectivity index (χ3n) is 18.9. The number of esters is 4. The van der Waals surface area contributed by atoms with Gasteiger partial charge in [-0.25, -0.2) is 9.13 Å². The second-order valence-electron chi connectivity index (χ2n) is 30.5. The van der Waals surface area contributed by atoms with Crippen molar-refractivity contribution in [2.24, 2.45) is 23.7 Å². The van der Waals surface area contributed by atoms with Crippen LogP contribution in [-0.4, -0.2) is 96.7 Å². The SMILES string of the molecule is CCC(C)CCCCCCCCCCCCCCCCC(=O)O[C@H](COC(=O)CCCCCCCCC(C)C)COP(=O)(O)OC[C@H](O)COP(=O)(O)OC[C@@H](COC(=O)CCCCCCCCCCCCCC(C)C)OC(=O)CCCCCCCCCCCCCCCCCC(C)C. The monoisotopic (exact) mass is 1450 g/mol. The summed E-state index contributed by atoms with van der Waals surface area (Å²) < 4.78 is 68.7. The average Bonchev–Trinajstić information content (AvgIpc) is 0.971. The zero-order chi connectivity index (χ0) is 73.1. The first-order valence-corrected chi connectivity index (χ1v) is 44.2. The molecule has 0 bridgehead atoms. The van der Waals surface area contributed by atoms with Crippen LogP contribution in [0.3, 0.4) is 0 Å². The number of aliphatic hydroxyl groups excluding tert-OH is 1. The number of unbranched alkanes of at least 4 members (excludes halogenated alkanes) is 42. The summed E-state index contributed by atoms with van der Waals surface area (Å²) in [6, 6.07) is 0. The summed E-state index contributed by atoms with van der Waals surface area (Å²) in [5.41, 5.74) is 0. The van der Waals surface area contributed by atoms with Crippen LogP contribution in [0.5, 0.6) is 0 Å². The zero-order valence-electron chi connectivity index (χ0n) is 65.1. The summed E-state index contributed by atoms with van der Waals surface area (Å²) >= 11 is 0. The molecule has 0 aromatic carbocycles. The number of phosphoric ester groups is 2. The lowest BCUT2D eigenvalue weighted by molar-refractivity contribution is -0.161. The van der Waals surface area contributed by atoms with E-state index in [1.54, 1.807) is 0 Å². The Morgan fingerprint density at radius 3 is 0.717 bits per heavy atom. The van der Waals surface area contributed by atoms with Gasteiger partial charge in [0.15, 0.2) is 12.2 Å². The van der Waals surface area contributed by atoms with Crippen molar-refractivity contribution in [3.05, 3.63) is 0 Å². The molecule has 0 saturated heterocycles. The number of phosphoric acid groups is 2. The Morgan fingerprint density at radius 2 is 0.485 bits per heavy atom. The molecule has 3 unspecified atom stereocenters. The van der Waals surface area contributed by atoms with Gasteiger partial charge in [0.25, 0.3) is 0 Å². The van der Waals surface area contributed by atoms with Gasteiger partial charge in [-0.15, -0.1) is 0 Å². The minimum absolute atomic E-state index is 0.106. The van der Waals surface area contributed by atoms with Crippen LogP contribution in [-0.2, 0) is 65.4 Å². The lowest BCUT2D eigenvalue weighted by Gasteiger charge is -2.21. The lowest BCUT2D eigenvalue weighted by atomic mass is 9.99. The van der Waals surface area contributed by atoms with Crippen molar-refractivity contribution in [1.29, 1.82) is 0 Å². The quantitative estimate of drug-likeness (QED) is 0.0222. The first-order chi connectivity index (χ1) is 47.6. The fourth-order valence-electron chi connectivity index (χ4n) is 12.2. The summed E-state index contributed by atoms with van der Waals surface area (Å²) in [6.45, 7) is 14.2. The summed E-state index contributed by atoms with van der Waals surface area (Å²) in [6.07, 6.45) is 55.6. The third kappa shape index (κ3) is 72.8. The topological polar surface area (TPSA) is 237 Å². The molecule has 588 valence electrons. The van der Waals surface area contributed by atoms with Crippen molar-refractivity contribution in [3.63, 3.8) is 0 Å². The minimum Gasteiger partial charge on any atom is -0.462 e. The van der Waals surface area contributed by atoms with Crippen molar-refractivity contribution in [1.82, 2.24) is 0 Å². The second-order valence-corrected chi connectivity index (χ2v) is 33.4. The van der Waals surface area contributed by atoms with Gasteiger partial charge in [-0.1, -0.05) is 357 Å². The first kappa shape index (κ1) is 97.1. The van der Waals surface area contributed by atoms with Crippen LogP contribution in [0.15, 0.2) is 0 Å². The number of aliphatic hydroxyl groups is 1. The Hall–Kier alpha value is -1.94. The van der Waals surface area contributed by atoms with Crippen molar-refractivity contribution < 1.29 is 80.2 Å². The van der Waals surface area contributed by atoms with E-state index in [9.17, 15) is 43.2 Å². The van der Waals surface area contributed by atoms with Crippen molar-refractivity contribution in [2.45, 2.75) is 427 Å². The van der Waals surface area contributed by atoms with Crippen LogP contribution >= 0.6 is 15.6 Å². The highest BCUT2D eigenvalue weighted by molar-refractivity contribution is 7.47. The molecule has 0 fully saturated rings. The number of hydrogen-bond acceptors (Lipinski definition) is 15. The van der Waals surface area contributed by atoms with Crippen LogP contribution in [0, 0.1) is 23.7 Å². The van der Waals surface area contributed by atoms with Gasteiger partial charge in [0.05, 0.1) is 26.4 Å². The number of ether oxygens (including phenoxy) is 4. The zero-order valence-corrected chi connectivity index (χ0v) is 66.9. The number of rotatable bonds is 77. The molecule has 0 aliphatic heterocycles. The van der Waals surface area contributed by atoms with E-state index < -0.39 is 97.5 Å². The molecule has 6 atom stereocenters. The Balaban J connectivity index is 5.22. The van der Waals surface area contributed by atoms with Gasteiger partial charge in [0.2, 0.25) is 0 Å². The van der Waals surface area contributed by atoms with Crippen LogP contribution in [0.25, 0.3) is 0 Å². The Bertz CT molecular complexity index is 1940. The highest BCUT2D eigenvalue weighted by atomic mass is 31.2. The van der Waals surface area contributed by atoms with Crippen molar-refractivity contribution in [2.75, 3.05) is 39.6 Å². The van der Waals surface area contributed by atoms with Crippen LogP contribution in [0.1, 0.15) is 409 Å². The van der Waals surface area contributed by atoms with E-state index >= 15 is 0 Å². The Kier molecular flexibility index (Phi) is 67.8. The maximum atomic E-state index is 13.1. The minimum atomic E-state index is -4.96. The predicted octanol–water partition coefficient (Wildman–Crippen LogP) is 23.6. The summed E-state index contributed by atoms with van der Waals surface area (Å²) in [7, 11) is -9.92. The Labute approximate surface area is 607 Å². The van der Waals surface area contributed by atoms with E-state index in [0.29, 0.717) is 31.6 Å². The van der Waals surface area contributed by atoms with Gasteiger partial charge < -0.3 is 33.8 Å². The van der Waals surface area contributed by atoms with Gasteiger partial charge in [0.1, 0.15) is 19.3 Å². The van der Waals surface area contributed by atoms with Gasteiger partial charge >= 0.3 is 39.5 Å². The number of carbonyl (C=O) groups is 4. The van der Waals surface area contributed by atoms with Gasteiger partial charge in [0, 0.05) is 25.7 Å². The highest BCUT2D eigenvalue weighted by Crippen LogP contribution is 2.45. The number of hydrogen-bond donors (Lipinski definition) is 3. The molecule has 0 spiro atoms. The molecular formula is C80H156O17P2. The standard InChI is InChI=1S/C80H156O17P2/c1-9-73(8)59-51-43-34-28-22-16-13-14-18-24-31-37-47-55-63-80(85)97-76(67-91-78(83)61-53-45-39-38-42-50-58-72(6)7)69-95-99(88,89)93-65-74(81)64-92-98(86,87)94-68-75(66-90-77(82)60-52-44-35-29-25-19-21-27-33-41-49-57-71(4)5)96-79(84)62-54-46-36-30-23-17-12-10-11-15-20-26-32-40-48-56-70(2)3/h70-76,81H,9-69H2,1-8H3,(H,86,87)(H,88,89)/t73?,74-,75-,76-/m1/s1. The largest absolute Gasteiger partial charge is 0.472 e. The molecule has 0 radical (unpaired) electrons. The molecule has 0 amide bonds. The third-order valence-corrected chi connectivity index (χ3v) is 20.8. The first-order valence-electron chi connectivity index (χ1n) is 41.2. The number of carbonyl (C=O) groups excluding carboxylic acids is 4. The van der Waals surface area contributed by atoms with E-state index in [0.717, 1.165) is 114 Å². The van der Waals surface area contributed by atoms with E-state index in [1.807, 2.05) is 0 Å². The maximum Gasteiger partial charge on any atom is 0.472 e. The highest BCUT2D eigenvalue weighted by Gasteiger charge is 2.30. The van der Waals surface area contributed by atoms with Gasteiger partial charge in [-0.2, -0.15) is 0 Å². The predicted molar refractivity (Wildman–Crippen MR) is 404 cm³/mol. The fourth-order valence-corrected chi connectivity index (χ4v) is 13.8. The van der Waals surface area contributed by atoms with Gasteiger partial charge in [-0.3, -0.25) is 37.3 Å². The van der Waals surface area contributed by atoms with E-state index in [2.05, 4.69) is 55.4 Å². The summed E-state index contributed by atoms with van der Waals surface area (Å²) in [4.78, 5) is 73.0. The van der Waals surface area contributed by atoms with E-state index in [1.165, 1.54) is 205 Å². The van der Waals surface area contributed by atoms with Crippen molar-refractivity contribution >= 4 is 39.5 Å². The van der Waals surface area contributed by atoms with E-state index in [-0.39, 0.29) is 25.7 Å². The molecule has 99 heavy (non-hydrogen) atoms. The molecule has 0 aromatic rings. The maximum absolute atomic E-state index is 13.1. The van der Waals surface area contributed by atoms with Crippen molar-refractivity contribution in [3.8, 4) is 0 Å². The smallest absolute Gasteiger partial charge is 0.462 e. The summed E-state index contributed by atoms with van der Waals surface area (Å²) in [5.74, 6) is 0.982. The molecule has 19 heteroatoms. The normalized spacial score (nSPS) is 14.3. The van der Waals surface area contributed by atoms with Gasteiger partial charge in [-0.05, 0) is 49.4 Å². The van der Waals surface area contributed by atoms with Crippen LogP contribution < -0.4 is 0 Å². The molecule has 0 rings (SSSR count). The molecule has 0 aliphatic carbocycles. The molecule has 0 aliphatic rings. The molecule has 3 N–H and O–H groups in total. The molecule has 0 aromatic heterocycles.